The predicted octanol–water partition coefficient (Wildman–Crippen LogP) is 0.0680. The number of nitrogens with one attached hydrogen (secondary N) is 1. The molecule has 1 heterocycles. The first-order valence-electron chi connectivity index (χ1n) is 6.21. The molecule has 0 spiro atoms. The van der Waals surface area contributed by atoms with Gasteiger partial charge in [0.05, 0.1) is 6.54 Å². The van der Waals surface area contributed by atoms with Crippen LogP contribution in [0.4, 0.5) is 4.39 Å². The Kier molecular flexibility index (Phi) is 4.36. The molecule has 1 fully saturated rings. The first-order chi connectivity index (χ1) is 9.41. The number of nitrogens with zero attached hydrogens (tertiary/aromatic N) is 2. The zero-order chi connectivity index (χ0) is 14.8. The predicted molar refractivity (Wildman–Crippen MR) is 73.5 cm³/mol. The minimum Gasteiger partial charge on any atom is -0.387 e. The Labute approximate surface area is 117 Å². The molecule has 1 saturated heterocycles. The van der Waals surface area contributed by atoms with Crippen molar-refractivity contribution < 1.29 is 12.8 Å². The van der Waals surface area contributed by atoms with Crippen LogP contribution in [-0.2, 0) is 10.0 Å². The van der Waals surface area contributed by atoms with Crippen molar-refractivity contribution in [2.45, 2.75) is 4.90 Å². The van der Waals surface area contributed by atoms with E-state index in [1.54, 1.807) is 0 Å². The lowest BCUT2D eigenvalue weighted by atomic mass is 10.3. The maximum Gasteiger partial charge on any atom is 0.246 e. The number of hydrogen-bond donors (Lipinski definition) is 2. The molecule has 1 aliphatic rings. The molecule has 0 saturated carbocycles. The summed E-state index contributed by atoms with van der Waals surface area (Å²) in [5.74, 6) is -0.686. The van der Waals surface area contributed by atoms with Gasteiger partial charge < -0.3 is 5.73 Å². The summed E-state index contributed by atoms with van der Waals surface area (Å²) in [6.07, 6.45) is 0. The Morgan fingerprint density at radius 2 is 1.85 bits per heavy atom. The first kappa shape index (κ1) is 14.9. The molecule has 0 bridgehead atoms. The van der Waals surface area contributed by atoms with E-state index in [1.807, 2.05) is 4.90 Å². The smallest absolute Gasteiger partial charge is 0.246 e. The lowest BCUT2D eigenvalue weighted by molar-refractivity contribution is 0.208. The maximum atomic E-state index is 13.6. The first-order valence-corrected chi connectivity index (χ1v) is 7.65. The Balaban J connectivity index is 2.10. The molecule has 0 unspecified atom stereocenters. The van der Waals surface area contributed by atoms with Crippen LogP contribution in [0.15, 0.2) is 29.2 Å². The van der Waals surface area contributed by atoms with Crippen molar-refractivity contribution in [2.24, 2.45) is 5.73 Å². The minimum atomic E-state index is -3.80. The summed E-state index contributed by atoms with van der Waals surface area (Å²) >= 11 is 0. The molecule has 0 radical (unpaired) electrons. The summed E-state index contributed by atoms with van der Waals surface area (Å²) in [7, 11) is -3.80. The number of halogens is 1. The van der Waals surface area contributed by atoms with Crippen LogP contribution in [-0.4, -0.2) is 56.2 Å². The molecule has 3 N–H and O–H groups in total. The van der Waals surface area contributed by atoms with Crippen LogP contribution in [0.2, 0.25) is 0 Å². The van der Waals surface area contributed by atoms with Gasteiger partial charge in [0.15, 0.2) is 0 Å². The van der Waals surface area contributed by atoms with Crippen molar-refractivity contribution in [1.29, 1.82) is 5.41 Å². The Bertz CT molecular complexity index is 597. The largest absolute Gasteiger partial charge is 0.387 e. The molecule has 20 heavy (non-hydrogen) atoms. The van der Waals surface area contributed by atoms with Crippen LogP contribution in [0.3, 0.4) is 0 Å². The lowest BCUT2D eigenvalue weighted by Gasteiger charge is -2.33. The van der Waals surface area contributed by atoms with Gasteiger partial charge in [0.25, 0.3) is 0 Å². The van der Waals surface area contributed by atoms with Gasteiger partial charge in [-0.25, -0.2) is 12.8 Å². The van der Waals surface area contributed by atoms with Crippen LogP contribution in [0.5, 0.6) is 0 Å². The highest BCUT2D eigenvalue weighted by atomic mass is 32.2. The summed E-state index contributed by atoms with van der Waals surface area (Å²) in [4.78, 5) is 1.61. The van der Waals surface area contributed by atoms with Crippen LogP contribution in [0, 0.1) is 11.2 Å². The number of hydrogen-bond acceptors (Lipinski definition) is 4. The quantitative estimate of drug-likeness (QED) is 0.608. The average molecular weight is 300 g/mol. The van der Waals surface area contributed by atoms with E-state index < -0.39 is 15.8 Å². The Morgan fingerprint density at radius 1 is 1.25 bits per heavy atom. The topological polar surface area (TPSA) is 90.5 Å². The fourth-order valence-electron chi connectivity index (χ4n) is 2.16. The molecule has 8 heteroatoms. The van der Waals surface area contributed by atoms with Crippen LogP contribution in [0.1, 0.15) is 0 Å². The normalized spacial score (nSPS) is 18.1. The van der Waals surface area contributed by atoms with Gasteiger partial charge in [-0.2, -0.15) is 4.31 Å². The van der Waals surface area contributed by atoms with Crippen molar-refractivity contribution in [1.82, 2.24) is 9.21 Å². The third-order valence-corrected chi connectivity index (χ3v) is 5.11. The fraction of sp³-hybridized carbons (Fsp3) is 0.417. The molecule has 110 valence electrons. The summed E-state index contributed by atoms with van der Waals surface area (Å²) in [6, 6.07) is 5.37. The standard InChI is InChI=1S/C12H17FN4O2S/c13-10-3-1-2-4-11(10)20(18,19)17-7-5-16(6-8-17)9-12(14)15/h1-4H,5-9H2,(H3,14,15). The van der Waals surface area contributed by atoms with E-state index in [2.05, 4.69) is 0 Å². The van der Waals surface area contributed by atoms with E-state index in [-0.39, 0.29) is 23.8 Å². The second-order valence-electron chi connectivity index (χ2n) is 4.64. The third kappa shape index (κ3) is 3.14. The van der Waals surface area contributed by atoms with Gasteiger partial charge >= 0.3 is 0 Å². The van der Waals surface area contributed by atoms with E-state index >= 15 is 0 Å². The number of rotatable bonds is 4. The highest BCUT2D eigenvalue weighted by Gasteiger charge is 2.30. The summed E-state index contributed by atoms with van der Waals surface area (Å²) in [5.41, 5.74) is 5.31. The van der Waals surface area contributed by atoms with Gasteiger partial charge in [-0.3, -0.25) is 10.3 Å². The van der Waals surface area contributed by atoms with Gasteiger partial charge in [-0.1, -0.05) is 12.1 Å². The molecule has 1 aliphatic heterocycles. The summed E-state index contributed by atoms with van der Waals surface area (Å²) in [5, 5.41) is 7.22. The van der Waals surface area contributed by atoms with Crippen molar-refractivity contribution in [3.8, 4) is 0 Å². The number of sulfonamides is 1. The molecular formula is C12H17FN4O2S. The Morgan fingerprint density at radius 3 is 2.40 bits per heavy atom. The highest BCUT2D eigenvalue weighted by molar-refractivity contribution is 7.89. The number of benzene rings is 1. The molecule has 0 aliphatic carbocycles. The van der Waals surface area contributed by atoms with Gasteiger partial charge in [-0.05, 0) is 12.1 Å². The van der Waals surface area contributed by atoms with E-state index in [0.29, 0.717) is 19.6 Å². The zero-order valence-electron chi connectivity index (χ0n) is 10.9. The molecule has 2 rings (SSSR count). The lowest BCUT2D eigenvalue weighted by Crippen LogP contribution is -2.50. The van der Waals surface area contributed by atoms with Crippen molar-refractivity contribution >= 4 is 15.9 Å². The molecular weight excluding hydrogens is 283 g/mol. The van der Waals surface area contributed by atoms with Crippen LogP contribution in [0.25, 0.3) is 0 Å². The monoisotopic (exact) mass is 300 g/mol. The molecule has 1 aromatic carbocycles. The molecule has 6 nitrogen and oxygen atoms in total. The van der Waals surface area contributed by atoms with Gasteiger partial charge in [0.1, 0.15) is 16.5 Å². The number of nitrogens with two attached hydrogens (primary N) is 1. The highest BCUT2D eigenvalue weighted by Crippen LogP contribution is 2.20. The third-order valence-electron chi connectivity index (χ3n) is 3.18. The fourth-order valence-corrected chi connectivity index (χ4v) is 3.65. The minimum absolute atomic E-state index is 0.0513. The van der Waals surface area contributed by atoms with E-state index in [0.717, 1.165) is 6.07 Å². The van der Waals surface area contributed by atoms with Gasteiger partial charge in [0, 0.05) is 26.2 Å². The SMILES string of the molecule is N=C(N)CN1CCN(S(=O)(=O)c2ccccc2F)CC1. The molecule has 0 atom stereocenters. The second kappa shape index (κ2) is 5.86. The second-order valence-corrected chi connectivity index (χ2v) is 6.54. The maximum absolute atomic E-state index is 13.6. The summed E-state index contributed by atoms with van der Waals surface area (Å²) in [6.45, 7) is 1.82. The molecule has 0 aromatic heterocycles. The number of amidine groups is 1. The summed E-state index contributed by atoms with van der Waals surface area (Å²) < 4.78 is 39.6. The van der Waals surface area contributed by atoms with Crippen molar-refractivity contribution in [3.63, 3.8) is 0 Å². The van der Waals surface area contributed by atoms with Crippen molar-refractivity contribution in [3.05, 3.63) is 30.1 Å². The van der Waals surface area contributed by atoms with E-state index in [9.17, 15) is 12.8 Å². The van der Waals surface area contributed by atoms with E-state index in [4.69, 9.17) is 11.1 Å². The van der Waals surface area contributed by atoms with Crippen LogP contribution < -0.4 is 5.73 Å². The van der Waals surface area contributed by atoms with Gasteiger partial charge in [0.2, 0.25) is 10.0 Å². The van der Waals surface area contributed by atoms with E-state index in [1.165, 1.54) is 22.5 Å². The Hall–Kier alpha value is -1.51. The van der Waals surface area contributed by atoms with Gasteiger partial charge in [-0.15, -0.1) is 0 Å². The van der Waals surface area contributed by atoms with Crippen molar-refractivity contribution in [2.75, 3.05) is 32.7 Å². The van der Waals surface area contributed by atoms with Crippen LogP contribution >= 0.6 is 0 Å². The number of piperazine rings is 1. The average Bonchev–Trinajstić information content (AvgIpc) is 2.39. The molecule has 0 amide bonds. The zero-order valence-corrected chi connectivity index (χ0v) is 11.7. The molecule has 1 aromatic rings.